The minimum absolute atomic E-state index is 0.299. The molecule has 4 fully saturated rings. The van der Waals surface area contributed by atoms with Crippen LogP contribution in [-0.4, -0.2) is 25.4 Å². The molecular formula is C16H26Cl2S6. The van der Waals surface area contributed by atoms with Crippen LogP contribution in [-0.2, 0) is 0 Å². The predicted octanol–water partition coefficient (Wildman–Crippen LogP) is 8.68. The summed E-state index contributed by atoms with van der Waals surface area (Å²) in [6, 6.07) is 0. The minimum atomic E-state index is 0.299. The first kappa shape index (κ1) is 21.4. The molecule has 4 heterocycles. The molecule has 0 aromatic heterocycles. The quantitative estimate of drug-likeness (QED) is 0.284. The Hall–Kier alpha value is 2.68. The molecule has 140 valence electrons. The van der Waals surface area contributed by atoms with E-state index in [1.54, 1.807) is 0 Å². The highest BCUT2D eigenvalue weighted by Gasteiger charge is 2.71. The zero-order valence-electron chi connectivity index (χ0n) is 14.3. The van der Waals surface area contributed by atoms with Crippen LogP contribution in [0, 0.1) is 0 Å². The van der Waals surface area contributed by atoms with Gasteiger partial charge in [0.15, 0.2) is 0 Å². The van der Waals surface area contributed by atoms with Gasteiger partial charge in [-0.2, -0.15) is 0 Å². The van der Waals surface area contributed by atoms with Crippen molar-refractivity contribution in [2.24, 2.45) is 0 Å². The van der Waals surface area contributed by atoms with Crippen molar-refractivity contribution in [3.63, 3.8) is 0 Å². The summed E-state index contributed by atoms with van der Waals surface area (Å²) >= 11 is 25.8. The molecule has 0 aromatic rings. The number of hydrogen-bond acceptors (Lipinski definition) is 6. The van der Waals surface area contributed by atoms with E-state index < -0.39 is 0 Å². The maximum atomic E-state index is 6.09. The van der Waals surface area contributed by atoms with Crippen molar-refractivity contribution in [3.05, 3.63) is 0 Å². The van der Waals surface area contributed by atoms with Gasteiger partial charge in [0.2, 0.25) is 0 Å². The Balaban J connectivity index is 1.95. The van der Waals surface area contributed by atoms with Gasteiger partial charge in [0.1, 0.15) is 13.6 Å². The van der Waals surface area contributed by atoms with Crippen LogP contribution >= 0.6 is 93.8 Å². The summed E-state index contributed by atoms with van der Waals surface area (Å²) in [6.07, 6.45) is 9.89. The van der Waals surface area contributed by atoms with E-state index in [-0.39, 0.29) is 0 Å². The van der Waals surface area contributed by atoms with Crippen LogP contribution in [0.4, 0.5) is 0 Å². The molecule has 0 aromatic carbocycles. The van der Waals surface area contributed by atoms with Gasteiger partial charge in [-0.25, -0.2) is 0 Å². The third-order valence-electron chi connectivity index (χ3n) is 4.21. The van der Waals surface area contributed by atoms with Gasteiger partial charge in [-0.15, -0.1) is 93.8 Å². The van der Waals surface area contributed by atoms with E-state index in [1.807, 2.05) is 0 Å². The molecule has 0 saturated carbocycles. The summed E-state index contributed by atoms with van der Waals surface area (Å²) in [4.78, 5) is 0. The fourth-order valence-electron chi connectivity index (χ4n) is 3.46. The Labute approximate surface area is 183 Å². The Bertz CT molecular complexity index is 396. The highest BCUT2D eigenvalue weighted by atomic mass is 35.5. The molecule has 0 amide bonds. The summed E-state index contributed by atoms with van der Waals surface area (Å²) in [5.74, 6) is 1.57. The van der Waals surface area contributed by atoms with E-state index in [1.165, 1.54) is 38.5 Å². The number of rotatable bonds is 10. The van der Waals surface area contributed by atoms with Crippen LogP contribution in [0.3, 0.4) is 0 Å². The number of hydrogen-bond donors (Lipinski definition) is 0. The first-order chi connectivity index (χ1) is 11.5. The van der Waals surface area contributed by atoms with Crippen LogP contribution in [0.15, 0.2) is 0 Å². The third-order valence-corrected chi connectivity index (χ3v) is 16.9. The molecule has 0 aliphatic carbocycles. The summed E-state index contributed by atoms with van der Waals surface area (Å²) in [6.45, 7) is 4.69. The fourth-order valence-corrected chi connectivity index (χ4v) is 25.9. The third kappa shape index (κ3) is 4.31. The van der Waals surface area contributed by atoms with Crippen LogP contribution in [0.2, 0.25) is 0 Å². The summed E-state index contributed by atoms with van der Waals surface area (Å²) < 4.78 is 1.27. The van der Waals surface area contributed by atoms with E-state index in [4.69, 9.17) is 23.2 Å². The molecule has 0 nitrogen and oxygen atoms in total. The number of thioether (sulfide) groups is 6. The van der Waals surface area contributed by atoms with E-state index in [2.05, 4.69) is 84.4 Å². The topological polar surface area (TPSA) is 0 Å². The maximum Gasteiger partial charge on any atom is 0.113 e. The Kier molecular flexibility index (Phi) is 7.65. The molecule has 0 atom stereocenters. The minimum Gasteiger partial charge on any atom is -0.127 e. The lowest BCUT2D eigenvalue weighted by Gasteiger charge is -2.67. The molecular weight excluding hydrogens is 455 g/mol. The van der Waals surface area contributed by atoms with Crippen molar-refractivity contribution in [2.75, 3.05) is 11.8 Å². The standard InChI is InChI=1S/C16H26Cl2S6/c1-3-7-13-19-14(8-4-2)22-15(20-13,9-5-11-17)24-16(21-13,23-14)10-6-12-18/h3-12H2,1-2H3. The van der Waals surface area contributed by atoms with Gasteiger partial charge < -0.3 is 0 Å². The molecule has 8 heteroatoms. The van der Waals surface area contributed by atoms with Crippen molar-refractivity contribution < 1.29 is 0 Å². The van der Waals surface area contributed by atoms with Gasteiger partial charge >= 0.3 is 0 Å². The van der Waals surface area contributed by atoms with Crippen molar-refractivity contribution in [1.29, 1.82) is 0 Å². The molecule has 4 rings (SSSR count). The summed E-state index contributed by atoms with van der Waals surface area (Å²) in [7, 11) is 0. The van der Waals surface area contributed by atoms with E-state index in [0.29, 0.717) is 13.6 Å². The Morgan fingerprint density at radius 3 is 1.08 bits per heavy atom. The molecule has 4 bridgehead atoms. The smallest absolute Gasteiger partial charge is 0.113 e. The Morgan fingerprint density at radius 2 is 0.833 bits per heavy atom. The first-order valence-corrected chi connectivity index (χ1v) is 14.8. The molecule has 0 N–H and O–H groups in total. The SMILES string of the molecule is CCCC12SC3(CCC)SC(CCCCl)(S1)SC(CCCCl)(S2)S3. The zero-order chi connectivity index (χ0) is 17.3. The van der Waals surface area contributed by atoms with Gasteiger partial charge in [-0.05, 0) is 38.5 Å². The van der Waals surface area contributed by atoms with Crippen LogP contribution in [0.5, 0.6) is 0 Å². The molecule has 24 heavy (non-hydrogen) atoms. The Morgan fingerprint density at radius 1 is 0.542 bits per heavy atom. The molecule has 4 saturated heterocycles. The molecule has 4 aliphatic rings. The fraction of sp³-hybridized carbons (Fsp3) is 1.00. The molecule has 0 radical (unpaired) electrons. The van der Waals surface area contributed by atoms with E-state index in [9.17, 15) is 0 Å². The predicted molar refractivity (Wildman–Crippen MR) is 126 cm³/mol. The monoisotopic (exact) mass is 480 g/mol. The maximum absolute atomic E-state index is 6.09. The molecule has 0 spiro atoms. The molecule has 4 aliphatic heterocycles. The lowest BCUT2D eigenvalue weighted by Crippen LogP contribution is -2.53. The number of halogens is 2. The van der Waals surface area contributed by atoms with Gasteiger partial charge in [0.05, 0.1) is 0 Å². The highest BCUT2D eigenvalue weighted by molar-refractivity contribution is 8.64. The van der Waals surface area contributed by atoms with Crippen LogP contribution in [0.25, 0.3) is 0 Å². The second-order valence-electron chi connectivity index (χ2n) is 6.43. The van der Waals surface area contributed by atoms with Crippen LogP contribution in [0.1, 0.15) is 65.2 Å². The van der Waals surface area contributed by atoms with Gasteiger partial charge in [-0.1, -0.05) is 26.7 Å². The van der Waals surface area contributed by atoms with Crippen molar-refractivity contribution >= 4 is 93.8 Å². The largest absolute Gasteiger partial charge is 0.127 e. The second kappa shape index (κ2) is 8.59. The second-order valence-corrected chi connectivity index (χ2v) is 19.9. The van der Waals surface area contributed by atoms with E-state index >= 15 is 0 Å². The summed E-state index contributed by atoms with van der Waals surface area (Å²) in [5.41, 5.74) is 0. The van der Waals surface area contributed by atoms with Gasteiger partial charge in [0, 0.05) is 11.8 Å². The average molecular weight is 482 g/mol. The van der Waals surface area contributed by atoms with E-state index in [0.717, 1.165) is 24.6 Å². The average Bonchev–Trinajstić information content (AvgIpc) is 2.50. The highest BCUT2D eigenvalue weighted by Crippen LogP contribution is 2.91. The summed E-state index contributed by atoms with van der Waals surface area (Å²) in [5, 5.41) is 0. The normalized spacial score (nSPS) is 43.5. The zero-order valence-corrected chi connectivity index (χ0v) is 20.7. The van der Waals surface area contributed by atoms with Crippen molar-refractivity contribution in [3.8, 4) is 0 Å². The number of alkyl halides is 2. The first-order valence-electron chi connectivity index (χ1n) is 8.81. The molecule has 0 unspecified atom stereocenters. The lowest BCUT2D eigenvalue weighted by atomic mass is 10.3. The van der Waals surface area contributed by atoms with Crippen LogP contribution < -0.4 is 0 Å². The van der Waals surface area contributed by atoms with Gasteiger partial charge in [-0.3, -0.25) is 0 Å². The van der Waals surface area contributed by atoms with Crippen molar-refractivity contribution in [2.45, 2.75) is 78.9 Å². The lowest BCUT2D eigenvalue weighted by molar-refractivity contribution is 0.754. The van der Waals surface area contributed by atoms with Gasteiger partial charge in [0.25, 0.3) is 0 Å². The van der Waals surface area contributed by atoms with Crippen molar-refractivity contribution in [1.82, 2.24) is 0 Å².